The van der Waals surface area contributed by atoms with E-state index < -0.39 is 11.3 Å². The summed E-state index contributed by atoms with van der Waals surface area (Å²) < 4.78 is 6.10. The molecule has 2 aliphatic heterocycles. The van der Waals surface area contributed by atoms with Crippen LogP contribution in [0.4, 0.5) is 0 Å². The lowest BCUT2D eigenvalue weighted by Gasteiger charge is -2.33. The summed E-state index contributed by atoms with van der Waals surface area (Å²) in [6, 6.07) is 14.1. The SMILES string of the molecule is NC1=NC(=S)NC(=O)C12C=C(c1ccc(Cl)cc1)OC(c1ccc(Cl)cc1)=C2. The van der Waals surface area contributed by atoms with Crippen molar-refractivity contribution < 1.29 is 9.53 Å². The molecule has 2 heterocycles. The third-order valence-electron chi connectivity index (χ3n) is 4.44. The summed E-state index contributed by atoms with van der Waals surface area (Å²) in [5.41, 5.74) is 6.31. The van der Waals surface area contributed by atoms with Gasteiger partial charge in [0.25, 0.3) is 0 Å². The lowest BCUT2D eigenvalue weighted by atomic mass is 9.80. The Morgan fingerprint density at radius 1 is 0.929 bits per heavy atom. The fraction of sp³-hybridized carbons (Fsp3) is 0.0500. The number of benzene rings is 2. The lowest BCUT2D eigenvalue weighted by Crippen LogP contribution is -2.54. The van der Waals surface area contributed by atoms with Crippen molar-refractivity contribution in [2.45, 2.75) is 0 Å². The standard InChI is InChI=1S/C20H13Cl2N3O2S/c21-13-5-1-11(2-6-13)15-9-20(17(23)24-19(28)25-18(20)26)10-16(27-15)12-3-7-14(22)8-4-12/h1-10H,(H3,23,24,25,26,28). The van der Waals surface area contributed by atoms with Crippen LogP contribution in [-0.2, 0) is 9.53 Å². The number of aliphatic imine (C=N–C) groups is 1. The van der Waals surface area contributed by atoms with Gasteiger partial charge in [0.15, 0.2) is 5.41 Å². The Bertz CT molecular complexity index is 1010. The van der Waals surface area contributed by atoms with Crippen LogP contribution in [0.2, 0.25) is 10.0 Å². The van der Waals surface area contributed by atoms with Crippen molar-refractivity contribution in [2.24, 2.45) is 16.1 Å². The highest BCUT2D eigenvalue weighted by Gasteiger charge is 2.45. The number of hydrogen-bond acceptors (Lipinski definition) is 4. The minimum atomic E-state index is -1.33. The largest absolute Gasteiger partial charge is 0.457 e. The fourth-order valence-corrected chi connectivity index (χ4v) is 3.41. The number of rotatable bonds is 2. The number of amidine groups is 1. The Morgan fingerprint density at radius 2 is 1.39 bits per heavy atom. The summed E-state index contributed by atoms with van der Waals surface area (Å²) in [6.07, 6.45) is 3.26. The number of ether oxygens (including phenoxy) is 1. The summed E-state index contributed by atoms with van der Waals surface area (Å²) in [7, 11) is 0. The molecular formula is C20H13Cl2N3O2S. The first kappa shape index (κ1) is 18.7. The van der Waals surface area contributed by atoms with E-state index in [1.165, 1.54) is 0 Å². The number of amides is 1. The van der Waals surface area contributed by atoms with Crippen molar-refractivity contribution in [1.29, 1.82) is 0 Å². The molecule has 0 atom stereocenters. The van der Waals surface area contributed by atoms with Gasteiger partial charge in [0.05, 0.1) is 0 Å². The van der Waals surface area contributed by atoms with Gasteiger partial charge >= 0.3 is 0 Å². The molecule has 0 saturated heterocycles. The molecule has 2 aromatic carbocycles. The Balaban J connectivity index is 1.89. The smallest absolute Gasteiger partial charge is 0.248 e. The van der Waals surface area contributed by atoms with Gasteiger partial charge in [-0.2, -0.15) is 0 Å². The maximum Gasteiger partial charge on any atom is 0.248 e. The average Bonchev–Trinajstić information content (AvgIpc) is 2.67. The molecule has 1 spiro atoms. The minimum absolute atomic E-state index is 0.0301. The van der Waals surface area contributed by atoms with Gasteiger partial charge in [-0.05, 0) is 72.9 Å². The molecule has 4 rings (SSSR count). The Hall–Kier alpha value is -2.67. The van der Waals surface area contributed by atoms with Crippen molar-refractivity contribution in [2.75, 3.05) is 0 Å². The van der Waals surface area contributed by atoms with Gasteiger partial charge in [-0.1, -0.05) is 23.2 Å². The number of carbonyl (C=O) groups excluding carboxylic acids is 1. The van der Waals surface area contributed by atoms with Crippen LogP contribution >= 0.6 is 35.4 Å². The zero-order valence-electron chi connectivity index (χ0n) is 14.3. The van der Waals surface area contributed by atoms with E-state index >= 15 is 0 Å². The van der Waals surface area contributed by atoms with Gasteiger partial charge in [-0.3, -0.25) is 10.1 Å². The molecule has 0 saturated carbocycles. The second-order valence-corrected chi connectivity index (χ2v) is 7.52. The number of nitrogens with two attached hydrogens (primary N) is 1. The molecule has 28 heavy (non-hydrogen) atoms. The second kappa shape index (κ2) is 7.05. The van der Waals surface area contributed by atoms with Gasteiger partial charge in [-0.15, -0.1) is 0 Å². The first-order valence-electron chi connectivity index (χ1n) is 8.23. The maximum absolute atomic E-state index is 12.9. The van der Waals surface area contributed by atoms with Crippen LogP contribution in [0.25, 0.3) is 11.5 Å². The van der Waals surface area contributed by atoms with Crippen molar-refractivity contribution in [1.82, 2.24) is 5.32 Å². The van der Waals surface area contributed by atoms with E-state index in [0.29, 0.717) is 21.6 Å². The first-order chi connectivity index (χ1) is 13.4. The summed E-state index contributed by atoms with van der Waals surface area (Å²) in [5, 5.41) is 3.78. The van der Waals surface area contributed by atoms with Gasteiger partial charge in [0.1, 0.15) is 17.4 Å². The molecule has 3 N–H and O–H groups in total. The van der Waals surface area contributed by atoms with Crippen molar-refractivity contribution in [3.8, 4) is 0 Å². The van der Waals surface area contributed by atoms with Crippen molar-refractivity contribution in [3.05, 3.63) is 81.9 Å². The van der Waals surface area contributed by atoms with E-state index in [4.69, 9.17) is 45.9 Å². The average molecular weight is 430 g/mol. The van der Waals surface area contributed by atoms with E-state index in [0.717, 1.165) is 11.1 Å². The lowest BCUT2D eigenvalue weighted by molar-refractivity contribution is -0.123. The zero-order valence-corrected chi connectivity index (χ0v) is 16.6. The summed E-state index contributed by atoms with van der Waals surface area (Å²) in [4.78, 5) is 17.0. The third kappa shape index (κ3) is 3.30. The molecule has 0 bridgehead atoms. The van der Waals surface area contributed by atoms with Gasteiger partial charge in [-0.25, -0.2) is 4.99 Å². The molecular weight excluding hydrogens is 417 g/mol. The molecule has 5 nitrogen and oxygen atoms in total. The monoisotopic (exact) mass is 429 g/mol. The summed E-state index contributed by atoms with van der Waals surface area (Å²) in [5.74, 6) is 0.573. The van der Waals surface area contributed by atoms with Crippen molar-refractivity contribution >= 4 is 63.8 Å². The number of nitrogens with zero attached hydrogens (tertiary/aromatic N) is 1. The molecule has 0 aliphatic carbocycles. The molecule has 0 unspecified atom stereocenters. The first-order valence-corrected chi connectivity index (χ1v) is 9.39. The number of carbonyl (C=O) groups is 1. The molecule has 0 aromatic heterocycles. The highest BCUT2D eigenvalue weighted by atomic mass is 35.5. The van der Waals surface area contributed by atoms with Crippen LogP contribution < -0.4 is 11.1 Å². The van der Waals surface area contributed by atoms with Gasteiger partial charge in [0.2, 0.25) is 11.0 Å². The molecule has 8 heteroatoms. The van der Waals surface area contributed by atoms with E-state index in [-0.39, 0.29) is 10.9 Å². The minimum Gasteiger partial charge on any atom is -0.457 e. The van der Waals surface area contributed by atoms with Crippen LogP contribution in [-0.4, -0.2) is 16.9 Å². The van der Waals surface area contributed by atoms with E-state index in [1.54, 1.807) is 60.7 Å². The second-order valence-electron chi connectivity index (χ2n) is 6.26. The van der Waals surface area contributed by atoms with Crippen LogP contribution in [0.3, 0.4) is 0 Å². The van der Waals surface area contributed by atoms with Crippen LogP contribution in [0.1, 0.15) is 11.1 Å². The van der Waals surface area contributed by atoms with E-state index in [2.05, 4.69) is 10.3 Å². The molecule has 2 aromatic rings. The number of hydrogen-bond donors (Lipinski definition) is 2. The van der Waals surface area contributed by atoms with Gasteiger partial charge < -0.3 is 10.5 Å². The van der Waals surface area contributed by atoms with Crippen molar-refractivity contribution in [3.63, 3.8) is 0 Å². The predicted molar refractivity (Wildman–Crippen MR) is 115 cm³/mol. The maximum atomic E-state index is 12.9. The molecule has 1 amide bonds. The molecule has 0 radical (unpaired) electrons. The van der Waals surface area contributed by atoms with E-state index in [9.17, 15) is 4.79 Å². The highest BCUT2D eigenvalue weighted by Crippen LogP contribution is 2.40. The third-order valence-corrected chi connectivity index (χ3v) is 5.13. The Labute approximate surface area is 176 Å². The highest BCUT2D eigenvalue weighted by molar-refractivity contribution is 7.80. The molecule has 2 aliphatic rings. The summed E-state index contributed by atoms with van der Waals surface area (Å²) >= 11 is 17.0. The van der Waals surface area contributed by atoms with E-state index in [1.807, 2.05) is 0 Å². The number of nitrogens with one attached hydrogen (secondary N) is 1. The summed E-state index contributed by atoms with van der Waals surface area (Å²) in [6.45, 7) is 0. The quantitative estimate of drug-likeness (QED) is 0.702. The van der Waals surface area contributed by atoms with Crippen LogP contribution in [0.15, 0.2) is 65.7 Å². The zero-order chi connectivity index (χ0) is 19.9. The van der Waals surface area contributed by atoms with Crippen LogP contribution in [0, 0.1) is 5.41 Å². The van der Waals surface area contributed by atoms with Gasteiger partial charge in [0, 0.05) is 21.2 Å². The Morgan fingerprint density at radius 3 is 1.82 bits per heavy atom. The van der Waals surface area contributed by atoms with Crippen LogP contribution in [0.5, 0.6) is 0 Å². The molecule has 0 fully saturated rings. The predicted octanol–water partition coefficient (Wildman–Crippen LogP) is 4.16. The Kier molecular flexibility index (Phi) is 4.71. The topological polar surface area (TPSA) is 76.7 Å². The normalized spacial score (nSPS) is 18.0. The number of halogens is 2. The number of thiocarbonyl (C=S) groups is 1. The fourth-order valence-electron chi connectivity index (χ4n) is 2.97. The molecule has 140 valence electrons.